The standard InChI is InChI=1S/C17H15N3O3/c1-10-9-20-15(19-10)12-5-3-4-6-13(12)23-14-7-11(17(21)22-2)8-18-16(14)20/h3-8,10H,9H2,1-2H3. The van der Waals surface area contributed by atoms with Crippen LogP contribution in [-0.2, 0) is 4.74 Å². The van der Waals surface area contributed by atoms with Gasteiger partial charge in [-0.3, -0.25) is 4.99 Å². The van der Waals surface area contributed by atoms with E-state index >= 15 is 0 Å². The third-order valence-electron chi connectivity index (χ3n) is 3.90. The van der Waals surface area contributed by atoms with E-state index in [-0.39, 0.29) is 6.04 Å². The van der Waals surface area contributed by atoms with E-state index in [4.69, 9.17) is 14.5 Å². The summed E-state index contributed by atoms with van der Waals surface area (Å²) in [5, 5.41) is 0. The molecule has 0 saturated carbocycles. The number of ether oxygens (including phenoxy) is 2. The summed E-state index contributed by atoms with van der Waals surface area (Å²) >= 11 is 0. The van der Waals surface area contributed by atoms with Crippen molar-refractivity contribution in [3.05, 3.63) is 47.7 Å². The summed E-state index contributed by atoms with van der Waals surface area (Å²) in [4.78, 5) is 22.9. The summed E-state index contributed by atoms with van der Waals surface area (Å²) in [5.41, 5.74) is 1.28. The predicted octanol–water partition coefficient (Wildman–Crippen LogP) is 2.63. The molecule has 6 heteroatoms. The molecule has 0 saturated heterocycles. The van der Waals surface area contributed by atoms with Gasteiger partial charge >= 0.3 is 5.97 Å². The Morgan fingerprint density at radius 2 is 2.17 bits per heavy atom. The van der Waals surface area contributed by atoms with Crippen molar-refractivity contribution < 1.29 is 14.3 Å². The first-order valence-corrected chi connectivity index (χ1v) is 7.38. The van der Waals surface area contributed by atoms with Crippen molar-refractivity contribution in [2.24, 2.45) is 4.99 Å². The van der Waals surface area contributed by atoms with E-state index in [9.17, 15) is 4.79 Å². The number of esters is 1. The summed E-state index contributed by atoms with van der Waals surface area (Å²) in [5.74, 6) is 2.31. The molecule has 4 rings (SSSR count). The number of hydrogen-bond donors (Lipinski definition) is 0. The van der Waals surface area contributed by atoms with Gasteiger partial charge in [0.05, 0.1) is 24.3 Å². The Hall–Kier alpha value is -2.89. The smallest absolute Gasteiger partial charge is 0.339 e. The number of amidine groups is 1. The Balaban J connectivity index is 1.90. The fourth-order valence-corrected chi connectivity index (χ4v) is 2.88. The zero-order valence-electron chi connectivity index (χ0n) is 12.8. The van der Waals surface area contributed by atoms with Crippen LogP contribution >= 0.6 is 0 Å². The van der Waals surface area contributed by atoms with Gasteiger partial charge < -0.3 is 14.4 Å². The van der Waals surface area contributed by atoms with Crippen LogP contribution in [0.3, 0.4) is 0 Å². The molecule has 1 atom stereocenters. The molecule has 116 valence electrons. The fourth-order valence-electron chi connectivity index (χ4n) is 2.88. The minimum Gasteiger partial charge on any atom is -0.465 e. The maximum Gasteiger partial charge on any atom is 0.339 e. The Labute approximate surface area is 133 Å². The number of aliphatic imine (C=N–C) groups is 1. The van der Waals surface area contributed by atoms with E-state index in [1.807, 2.05) is 29.2 Å². The van der Waals surface area contributed by atoms with Crippen LogP contribution in [0.15, 0.2) is 41.5 Å². The molecule has 0 radical (unpaired) electrons. The number of aromatic nitrogens is 1. The molecule has 2 aliphatic rings. The molecule has 2 aliphatic heterocycles. The van der Waals surface area contributed by atoms with Crippen LogP contribution in [0.4, 0.5) is 5.82 Å². The molecule has 6 nitrogen and oxygen atoms in total. The normalized spacial score (nSPS) is 18.1. The molecule has 0 fully saturated rings. The molecule has 3 heterocycles. The lowest BCUT2D eigenvalue weighted by Gasteiger charge is -2.18. The molecule has 1 aromatic heterocycles. The maximum absolute atomic E-state index is 11.8. The molecule has 1 unspecified atom stereocenters. The molecule has 0 spiro atoms. The number of fused-ring (bicyclic) bond motifs is 5. The van der Waals surface area contributed by atoms with Crippen molar-refractivity contribution in [3.63, 3.8) is 0 Å². The SMILES string of the molecule is COC(=O)c1cnc2c(c1)Oc1ccccc1C1=NC(C)CN12. The minimum atomic E-state index is -0.440. The van der Waals surface area contributed by atoms with E-state index in [2.05, 4.69) is 11.9 Å². The summed E-state index contributed by atoms with van der Waals surface area (Å²) in [6.07, 6.45) is 1.50. The number of hydrogen-bond acceptors (Lipinski definition) is 6. The monoisotopic (exact) mass is 309 g/mol. The van der Waals surface area contributed by atoms with Crippen molar-refractivity contribution in [3.8, 4) is 11.5 Å². The van der Waals surface area contributed by atoms with Gasteiger partial charge in [0, 0.05) is 18.8 Å². The van der Waals surface area contributed by atoms with Gasteiger partial charge in [0.1, 0.15) is 11.6 Å². The van der Waals surface area contributed by atoms with Gasteiger partial charge in [0.2, 0.25) is 0 Å². The molecule has 1 aromatic carbocycles. The molecule has 2 aromatic rings. The third kappa shape index (κ3) is 2.14. The van der Waals surface area contributed by atoms with Crippen LogP contribution in [0, 0.1) is 0 Å². The second kappa shape index (κ2) is 5.08. The molecular weight excluding hydrogens is 294 g/mol. The second-order valence-corrected chi connectivity index (χ2v) is 5.55. The summed E-state index contributed by atoms with van der Waals surface area (Å²) in [7, 11) is 1.34. The first kappa shape index (κ1) is 13.8. The van der Waals surface area contributed by atoms with Crippen molar-refractivity contribution in [1.29, 1.82) is 0 Å². The Bertz CT molecular complexity index is 832. The number of rotatable bonds is 1. The lowest BCUT2D eigenvalue weighted by atomic mass is 10.2. The topological polar surface area (TPSA) is 64.0 Å². The van der Waals surface area contributed by atoms with Crippen molar-refractivity contribution >= 4 is 17.6 Å². The molecular formula is C17H15N3O3. The van der Waals surface area contributed by atoms with Crippen LogP contribution in [0.1, 0.15) is 22.8 Å². The number of carbonyl (C=O) groups excluding carboxylic acids is 1. The minimum absolute atomic E-state index is 0.172. The third-order valence-corrected chi connectivity index (χ3v) is 3.90. The highest BCUT2D eigenvalue weighted by molar-refractivity contribution is 6.14. The second-order valence-electron chi connectivity index (χ2n) is 5.55. The highest BCUT2D eigenvalue weighted by Crippen LogP contribution is 2.40. The molecule has 0 amide bonds. The van der Waals surface area contributed by atoms with E-state index in [0.29, 0.717) is 22.9 Å². The number of carbonyl (C=O) groups is 1. The van der Waals surface area contributed by atoms with Gasteiger partial charge in [-0.1, -0.05) is 12.1 Å². The van der Waals surface area contributed by atoms with Crippen LogP contribution in [0.25, 0.3) is 0 Å². The van der Waals surface area contributed by atoms with Gasteiger partial charge in [-0.15, -0.1) is 0 Å². The maximum atomic E-state index is 11.8. The number of para-hydroxylation sites is 1. The van der Waals surface area contributed by atoms with E-state index in [1.54, 1.807) is 6.07 Å². The summed E-state index contributed by atoms with van der Waals surface area (Å²) in [6.45, 7) is 2.79. The van der Waals surface area contributed by atoms with E-state index in [0.717, 1.165) is 17.9 Å². The number of methoxy groups -OCH3 is 1. The van der Waals surface area contributed by atoms with Crippen molar-refractivity contribution in [1.82, 2.24) is 4.98 Å². The van der Waals surface area contributed by atoms with Gasteiger partial charge in [-0.05, 0) is 19.1 Å². The fraction of sp³-hybridized carbons (Fsp3) is 0.235. The van der Waals surface area contributed by atoms with E-state index in [1.165, 1.54) is 13.3 Å². The Kier molecular flexibility index (Phi) is 3.04. The number of anilines is 1. The van der Waals surface area contributed by atoms with Gasteiger partial charge in [-0.25, -0.2) is 9.78 Å². The number of benzene rings is 1. The molecule has 0 bridgehead atoms. The van der Waals surface area contributed by atoms with Crippen LogP contribution in [0.2, 0.25) is 0 Å². The zero-order valence-corrected chi connectivity index (χ0v) is 12.8. The van der Waals surface area contributed by atoms with Crippen LogP contribution < -0.4 is 9.64 Å². The Morgan fingerprint density at radius 1 is 1.35 bits per heavy atom. The van der Waals surface area contributed by atoms with Crippen molar-refractivity contribution in [2.45, 2.75) is 13.0 Å². The number of nitrogens with zero attached hydrogens (tertiary/aromatic N) is 3. The van der Waals surface area contributed by atoms with Crippen LogP contribution in [-0.4, -0.2) is 36.5 Å². The predicted molar refractivity (Wildman–Crippen MR) is 85.4 cm³/mol. The van der Waals surface area contributed by atoms with Gasteiger partial charge in [-0.2, -0.15) is 0 Å². The first-order valence-electron chi connectivity index (χ1n) is 7.38. The highest BCUT2D eigenvalue weighted by atomic mass is 16.5. The lowest BCUT2D eigenvalue weighted by Crippen LogP contribution is -2.29. The van der Waals surface area contributed by atoms with E-state index < -0.39 is 5.97 Å². The number of pyridine rings is 1. The first-order chi connectivity index (χ1) is 11.2. The zero-order chi connectivity index (χ0) is 16.0. The quantitative estimate of drug-likeness (QED) is 0.758. The molecule has 23 heavy (non-hydrogen) atoms. The van der Waals surface area contributed by atoms with Gasteiger partial charge in [0.15, 0.2) is 11.6 Å². The average Bonchev–Trinajstić information content (AvgIpc) is 2.90. The molecule has 0 N–H and O–H groups in total. The highest BCUT2D eigenvalue weighted by Gasteiger charge is 2.33. The summed E-state index contributed by atoms with van der Waals surface area (Å²) < 4.78 is 10.8. The summed E-state index contributed by atoms with van der Waals surface area (Å²) in [6, 6.07) is 9.56. The largest absolute Gasteiger partial charge is 0.465 e. The Morgan fingerprint density at radius 3 is 3.00 bits per heavy atom. The van der Waals surface area contributed by atoms with Gasteiger partial charge in [0.25, 0.3) is 0 Å². The van der Waals surface area contributed by atoms with Crippen LogP contribution in [0.5, 0.6) is 11.5 Å². The lowest BCUT2D eigenvalue weighted by molar-refractivity contribution is 0.0600. The molecule has 0 aliphatic carbocycles. The average molecular weight is 309 g/mol. The van der Waals surface area contributed by atoms with Crippen molar-refractivity contribution in [2.75, 3.05) is 18.6 Å².